The lowest BCUT2D eigenvalue weighted by molar-refractivity contribution is 0.255. The van der Waals surface area contributed by atoms with E-state index in [0.29, 0.717) is 5.69 Å². The molecule has 2 amide bonds. The van der Waals surface area contributed by atoms with Gasteiger partial charge in [0.2, 0.25) is 0 Å². The first-order valence-corrected chi connectivity index (χ1v) is 5.32. The van der Waals surface area contributed by atoms with E-state index in [0.717, 1.165) is 22.2 Å². The lowest BCUT2D eigenvalue weighted by atomic mass is 10.2. The molecule has 1 aliphatic heterocycles. The fourth-order valence-corrected chi connectivity index (χ4v) is 1.98. The van der Waals surface area contributed by atoms with Crippen LogP contribution in [0.5, 0.6) is 0 Å². The third kappa shape index (κ3) is 1.51. The van der Waals surface area contributed by atoms with E-state index in [2.05, 4.69) is 20.2 Å². The number of H-pyrrole nitrogens is 1. The molecule has 3 rings (SSSR count). The van der Waals surface area contributed by atoms with Crippen LogP contribution in [0.15, 0.2) is 46.9 Å². The number of hydrogen-bond acceptors (Lipinski definition) is 3. The van der Waals surface area contributed by atoms with Crippen molar-refractivity contribution in [2.24, 2.45) is 16.0 Å². The quantitative estimate of drug-likeness (QED) is 0.638. The molecule has 88 valence electrons. The van der Waals surface area contributed by atoms with Crippen LogP contribution in [-0.4, -0.2) is 16.0 Å². The van der Waals surface area contributed by atoms with Gasteiger partial charge in [-0.2, -0.15) is 0 Å². The Hall–Kier alpha value is -2.76. The number of azo groups is 1. The predicted octanol–water partition coefficient (Wildman–Crippen LogP) is 2.83. The highest BCUT2D eigenvalue weighted by atomic mass is 16.2. The summed E-state index contributed by atoms with van der Waals surface area (Å²) in [5.41, 5.74) is 8.10. The molecule has 18 heavy (non-hydrogen) atoms. The molecule has 0 atom stereocenters. The first-order chi connectivity index (χ1) is 8.77. The van der Waals surface area contributed by atoms with Gasteiger partial charge in [-0.1, -0.05) is 5.11 Å². The number of rotatable bonds is 1. The summed E-state index contributed by atoms with van der Waals surface area (Å²) in [4.78, 5) is 18.1. The summed E-state index contributed by atoms with van der Waals surface area (Å²) >= 11 is 0. The van der Waals surface area contributed by atoms with E-state index >= 15 is 0 Å². The molecule has 1 aliphatic carbocycles. The molecule has 0 saturated carbocycles. The Bertz CT molecular complexity index is 730. The van der Waals surface area contributed by atoms with Crippen molar-refractivity contribution in [3.05, 3.63) is 36.7 Å². The molecule has 0 fully saturated rings. The number of carbonyl (C=O) groups is 1. The number of urea groups is 1. The van der Waals surface area contributed by atoms with Gasteiger partial charge in [0.15, 0.2) is 0 Å². The van der Waals surface area contributed by atoms with Gasteiger partial charge in [0.05, 0.1) is 11.2 Å². The smallest absolute Gasteiger partial charge is 0.356 e. The summed E-state index contributed by atoms with van der Waals surface area (Å²) in [6.45, 7) is 0. The van der Waals surface area contributed by atoms with Crippen LogP contribution >= 0.6 is 0 Å². The van der Waals surface area contributed by atoms with Crippen LogP contribution in [0.1, 0.15) is 0 Å². The van der Waals surface area contributed by atoms with Crippen LogP contribution in [0, 0.1) is 0 Å². The van der Waals surface area contributed by atoms with Crippen LogP contribution in [0.25, 0.3) is 22.2 Å². The van der Waals surface area contributed by atoms with E-state index in [-0.39, 0.29) is 0 Å². The highest BCUT2D eigenvalue weighted by Gasteiger charge is 2.18. The number of carbonyl (C=O) groups excluding carboxylic acids is 1. The third-order valence-electron chi connectivity index (χ3n) is 2.66. The van der Waals surface area contributed by atoms with E-state index in [1.807, 2.05) is 30.5 Å². The Morgan fingerprint density at radius 2 is 2.22 bits per heavy atom. The summed E-state index contributed by atoms with van der Waals surface area (Å²) in [5.74, 6) is 0. The molecular weight excluding hydrogens is 230 g/mol. The van der Waals surface area contributed by atoms with E-state index in [4.69, 9.17) is 5.73 Å². The largest absolute Gasteiger partial charge is 0.359 e. The van der Waals surface area contributed by atoms with Crippen LogP contribution in [-0.2, 0) is 0 Å². The second-order valence-corrected chi connectivity index (χ2v) is 3.75. The number of nitrogens with one attached hydrogen (secondary N) is 1. The van der Waals surface area contributed by atoms with Crippen LogP contribution < -0.4 is 5.73 Å². The summed E-state index contributed by atoms with van der Waals surface area (Å²) in [7, 11) is 0. The standard InChI is InChI=1S/C12H9N5O/c13-12(18)17-16-9-7-3-1-5-14-10(7)11-8(9)4-2-6-15-11/h1-6,14H,(H2,13,18). The normalized spacial score (nSPS) is 11.6. The minimum atomic E-state index is -0.818. The number of amides is 2. The Morgan fingerprint density at radius 3 is 3.06 bits per heavy atom. The van der Waals surface area contributed by atoms with Crippen molar-refractivity contribution < 1.29 is 4.79 Å². The molecular formula is C12H9N5O. The highest BCUT2D eigenvalue weighted by Crippen LogP contribution is 2.42. The monoisotopic (exact) mass is 239 g/mol. The average molecular weight is 239 g/mol. The Labute approximate surface area is 102 Å². The third-order valence-corrected chi connectivity index (χ3v) is 2.66. The van der Waals surface area contributed by atoms with E-state index in [1.54, 1.807) is 6.20 Å². The average Bonchev–Trinajstić information content (AvgIpc) is 2.71. The van der Waals surface area contributed by atoms with Crippen LogP contribution in [0.3, 0.4) is 0 Å². The fourth-order valence-electron chi connectivity index (χ4n) is 1.98. The first kappa shape index (κ1) is 10.4. The number of primary amides is 1. The van der Waals surface area contributed by atoms with Crippen molar-refractivity contribution >= 4 is 22.6 Å². The van der Waals surface area contributed by atoms with E-state index in [9.17, 15) is 4.79 Å². The molecule has 2 aliphatic rings. The molecule has 6 nitrogen and oxygen atoms in total. The van der Waals surface area contributed by atoms with Gasteiger partial charge in [-0.25, -0.2) is 4.79 Å². The summed E-state index contributed by atoms with van der Waals surface area (Å²) in [6.07, 6.45) is 3.52. The summed E-state index contributed by atoms with van der Waals surface area (Å²) in [6, 6.07) is 6.62. The lowest BCUT2D eigenvalue weighted by Gasteiger charge is -1.97. The van der Waals surface area contributed by atoms with Crippen molar-refractivity contribution in [2.75, 3.05) is 0 Å². The van der Waals surface area contributed by atoms with E-state index in [1.165, 1.54) is 0 Å². The Morgan fingerprint density at radius 1 is 1.33 bits per heavy atom. The topological polar surface area (TPSA) is 96.5 Å². The van der Waals surface area contributed by atoms with Gasteiger partial charge in [-0.05, 0) is 24.3 Å². The number of nitrogens with zero attached hydrogens (tertiary/aromatic N) is 3. The number of nitrogens with two attached hydrogens (primary N) is 1. The summed E-state index contributed by atoms with van der Waals surface area (Å²) in [5, 5.41) is 8.14. The molecule has 1 aromatic rings. The first-order valence-electron chi connectivity index (χ1n) is 5.32. The minimum absolute atomic E-state index is 0.601. The molecule has 0 aromatic carbocycles. The van der Waals surface area contributed by atoms with Crippen molar-refractivity contribution in [3.8, 4) is 11.3 Å². The van der Waals surface area contributed by atoms with Gasteiger partial charge in [0.25, 0.3) is 0 Å². The molecule has 2 heterocycles. The van der Waals surface area contributed by atoms with Crippen LogP contribution in [0.4, 0.5) is 10.5 Å². The zero-order chi connectivity index (χ0) is 12.5. The zero-order valence-electron chi connectivity index (χ0n) is 9.29. The van der Waals surface area contributed by atoms with Gasteiger partial charge in [-0.3, -0.25) is 4.98 Å². The lowest BCUT2D eigenvalue weighted by Crippen LogP contribution is -2.01. The van der Waals surface area contributed by atoms with Crippen molar-refractivity contribution in [1.29, 1.82) is 0 Å². The molecule has 3 N–H and O–H groups in total. The molecule has 0 bridgehead atoms. The maximum Gasteiger partial charge on any atom is 0.356 e. The van der Waals surface area contributed by atoms with Gasteiger partial charge in [0, 0.05) is 23.3 Å². The van der Waals surface area contributed by atoms with Crippen molar-refractivity contribution in [3.63, 3.8) is 0 Å². The maximum atomic E-state index is 10.7. The number of aromatic nitrogens is 2. The number of pyridine rings is 2. The van der Waals surface area contributed by atoms with Crippen molar-refractivity contribution in [1.82, 2.24) is 9.97 Å². The number of hydrogen-bond donors (Lipinski definition) is 2. The van der Waals surface area contributed by atoms with Crippen molar-refractivity contribution in [2.45, 2.75) is 0 Å². The zero-order valence-corrected chi connectivity index (χ0v) is 9.29. The molecule has 0 spiro atoms. The molecule has 0 radical (unpaired) electrons. The second kappa shape index (κ2) is 3.92. The van der Waals surface area contributed by atoms with Gasteiger partial charge in [-0.15, -0.1) is 5.11 Å². The maximum absolute atomic E-state index is 10.7. The molecule has 0 unspecified atom stereocenters. The Balaban J connectivity index is 2.36. The van der Waals surface area contributed by atoms with Gasteiger partial charge in [0.1, 0.15) is 5.69 Å². The predicted molar refractivity (Wildman–Crippen MR) is 66.8 cm³/mol. The van der Waals surface area contributed by atoms with Gasteiger partial charge >= 0.3 is 6.03 Å². The summed E-state index contributed by atoms with van der Waals surface area (Å²) < 4.78 is 0. The Kier molecular flexibility index (Phi) is 2.26. The minimum Gasteiger partial charge on any atom is -0.359 e. The number of aromatic amines is 1. The molecule has 6 heteroatoms. The number of fused-ring (bicyclic) bond motifs is 3. The molecule has 0 saturated heterocycles. The van der Waals surface area contributed by atoms with Gasteiger partial charge < -0.3 is 10.7 Å². The molecule has 1 aromatic heterocycles. The van der Waals surface area contributed by atoms with Crippen LogP contribution in [0.2, 0.25) is 0 Å². The SMILES string of the molecule is NC(=O)N=Nc1c2ccc[nH]c-2c2ncccc12. The second-order valence-electron chi connectivity index (χ2n) is 3.75. The fraction of sp³-hybridized carbons (Fsp3) is 0. The van der Waals surface area contributed by atoms with E-state index < -0.39 is 6.03 Å². The highest BCUT2D eigenvalue weighted by molar-refractivity contribution is 6.08.